The van der Waals surface area contributed by atoms with E-state index in [1.807, 2.05) is 30.1 Å². The molecule has 0 aliphatic heterocycles. The van der Waals surface area contributed by atoms with Crippen molar-refractivity contribution in [3.63, 3.8) is 0 Å². The third-order valence-corrected chi connectivity index (χ3v) is 7.63. The number of aryl methyl sites for hydroxylation is 1. The van der Waals surface area contributed by atoms with Gasteiger partial charge in [-0.15, -0.1) is 0 Å². The van der Waals surface area contributed by atoms with Gasteiger partial charge in [0.15, 0.2) is 0 Å². The highest BCUT2D eigenvalue weighted by atomic mass is 16.5. The minimum atomic E-state index is 0.388. The lowest BCUT2D eigenvalue weighted by molar-refractivity contribution is 0.115. The van der Waals surface area contributed by atoms with Crippen LogP contribution in [0, 0.1) is 10.8 Å². The van der Waals surface area contributed by atoms with E-state index in [9.17, 15) is 0 Å². The minimum absolute atomic E-state index is 0.388. The van der Waals surface area contributed by atoms with Crippen molar-refractivity contribution < 1.29 is 4.74 Å². The summed E-state index contributed by atoms with van der Waals surface area (Å²) in [6.07, 6.45) is 12.4. The predicted octanol–water partition coefficient (Wildman–Crippen LogP) is 8.89. The van der Waals surface area contributed by atoms with E-state index in [-0.39, 0.29) is 0 Å². The van der Waals surface area contributed by atoms with E-state index in [0.29, 0.717) is 10.8 Å². The summed E-state index contributed by atoms with van der Waals surface area (Å²) in [6, 6.07) is 14.5. The van der Waals surface area contributed by atoms with Crippen LogP contribution in [0.25, 0.3) is 10.9 Å². The Labute approximate surface area is 207 Å². The summed E-state index contributed by atoms with van der Waals surface area (Å²) in [4.78, 5) is 0. The highest BCUT2D eigenvalue weighted by Crippen LogP contribution is 2.42. The van der Waals surface area contributed by atoms with Crippen molar-refractivity contribution >= 4 is 22.3 Å². The topological polar surface area (TPSA) is 39.1 Å². The molecule has 4 heteroatoms. The molecule has 1 heterocycles. The maximum Gasteiger partial charge on any atom is 0.119 e. The molecule has 0 saturated carbocycles. The lowest BCUT2D eigenvalue weighted by atomic mass is 9.67. The Kier molecular flexibility index (Phi) is 9.04. The summed E-state index contributed by atoms with van der Waals surface area (Å²) in [5, 5.41) is 8.90. The van der Waals surface area contributed by atoms with E-state index >= 15 is 0 Å². The smallest absolute Gasteiger partial charge is 0.119 e. The molecule has 0 aliphatic rings. The average Bonchev–Trinajstić information content (AvgIpc) is 3.15. The standard InChI is InChI=1S/C30H45N3O/c1-29(2,3)30(4,5)20-12-10-8-7-9-11-13-21-34-27-17-14-25(15-18-27)32-26-16-19-28-24(22-26)23-31-33(28)6/h14-19,22-23,32H,7-13,20-21H2,1-6H3. The number of anilines is 2. The molecule has 0 amide bonds. The highest BCUT2D eigenvalue weighted by molar-refractivity contribution is 5.83. The SMILES string of the molecule is Cn1ncc2cc(Nc3ccc(OCCCCCCCCCC(C)(C)C(C)(C)C)cc3)ccc21. The van der Waals surface area contributed by atoms with Gasteiger partial charge < -0.3 is 10.1 Å². The molecule has 0 unspecified atom stereocenters. The normalized spacial score (nSPS) is 12.3. The molecular formula is C30H45N3O. The maximum atomic E-state index is 5.95. The zero-order chi connectivity index (χ0) is 24.6. The molecule has 1 aromatic heterocycles. The Balaban J connectivity index is 1.26. The first-order chi connectivity index (χ1) is 16.2. The molecule has 3 rings (SSSR count). The number of rotatable bonds is 13. The molecule has 0 fully saturated rings. The van der Waals surface area contributed by atoms with Crippen LogP contribution in [0.5, 0.6) is 5.75 Å². The van der Waals surface area contributed by atoms with Gasteiger partial charge in [-0.05, 0) is 66.1 Å². The summed E-state index contributed by atoms with van der Waals surface area (Å²) >= 11 is 0. The first-order valence-electron chi connectivity index (χ1n) is 13.1. The largest absolute Gasteiger partial charge is 0.494 e. The monoisotopic (exact) mass is 463 g/mol. The third-order valence-electron chi connectivity index (χ3n) is 7.63. The fourth-order valence-corrected chi connectivity index (χ4v) is 4.16. The second-order valence-electron chi connectivity index (χ2n) is 11.4. The first kappa shape index (κ1) is 26.1. The molecular weight excluding hydrogens is 418 g/mol. The zero-order valence-corrected chi connectivity index (χ0v) is 22.3. The lowest BCUT2D eigenvalue weighted by Crippen LogP contribution is -2.29. The molecule has 0 saturated heterocycles. The predicted molar refractivity (Wildman–Crippen MR) is 146 cm³/mol. The molecule has 0 atom stereocenters. The van der Waals surface area contributed by atoms with Crippen molar-refractivity contribution in [3.05, 3.63) is 48.7 Å². The van der Waals surface area contributed by atoms with Gasteiger partial charge in [0.2, 0.25) is 0 Å². The van der Waals surface area contributed by atoms with Crippen LogP contribution in [0.15, 0.2) is 48.7 Å². The summed E-state index contributed by atoms with van der Waals surface area (Å²) in [5.41, 5.74) is 4.06. The number of benzene rings is 2. The van der Waals surface area contributed by atoms with E-state index < -0.39 is 0 Å². The molecule has 4 nitrogen and oxygen atoms in total. The molecule has 0 aliphatic carbocycles. The van der Waals surface area contributed by atoms with Gasteiger partial charge in [-0.3, -0.25) is 4.68 Å². The average molecular weight is 464 g/mol. The number of aromatic nitrogens is 2. The second-order valence-corrected chi connectivity index (χ2v) is 11.4. The quantitative estimate of drug-likeness (QED) is 0.257. The van der Waals surface area contributed by atoms with E-state index in [2.05, 4.69) is 75.4 Å². The van der Waals surface area contributed by atoms with E-state index in [0.717, 1.165) is 41.1 Å². The molecule has 2 aromatic carbocycles. The van der Waals surface area contributed by atoms with Crippen molar-refractivity contribution in [2.75, 3.05) is 11.9 Å². The Bertz CT molecular complexity index is 1010. The van der Waals surface area contributed by atoms with E-state index in [1.165, 1.54) is 44.9 Å². The molecule has 186 valence electrons. The molecule has 34 heavy (non-hydrogen) atoms. The Hall–Kier alpha value is -2.49. The molecule has 1 N–H and O–H groups in total. The van der Waals surface area contributed by atoms with Crippen LogP contribution in [0.1, 0.15) is 86.0 Å². The van der Waals surface area contributed by atoms with Gasteiger partial charge in [-0.2, -0.15) is 5.10 Å². The van der Waals surface area contributed by atoms with Crippen molar-refractivity contribution in [1.82, 2.24) is 9.78 Å². The number of fused-ring (bicyclic) bond motifs is 1. The Morgan fingerprint density at radius 3 is 2.09 bits per heavy atom. The van der Waals surface area contributed by atoms with Gasteiger partial charge in [0.1, 0.15) is 5.75 Å². The minimum Gasteiger partial charge on any atom is -0.494 e. The summed E-state index contributed by atoms with van der Waals surface area (Å²) in [7, 11) is 1.96. The van der Waals surface area contributed by atoms with Gasteiger partial charge in [0.25, 0.3) is 0 Å². The summed E-state index contributed by atoms with van der Waals surface area (Å²) in [5.74, 6) is 0.940. The number of ether oxygens (including phenoxy) is 1. The number of hydrogen-bond acceptors (Lipinski definition) is 3. The van der Waals surface area contributed by atoms with Crippen LogP contribution in [0.4, 0.5) is 11.4 Å². The molecule has 0 spiro atoms. The second kappa shape index (κ2) is 11.8. The van der Waals surface area contributed by atoms with Crippen LogP contribution in [0.3, 0.4) is 0 Å². The van der Waals surface area contributed by atoms with Crippen molar-refractivity contribution in [3.8, 4) is 5.75 Å². The van der Waals surface area contributed by atoms with Gasteiger partial charge in [-0.25, -0.2) is 0 Å². The van der Waals surface area contributed by atoms with Crippen LogP contribution in [-0.2, 0) is 7.05 Å². The highest BCUT2D eigenvalue weighted by Gasteiger charge is 2.31. The number of nitrogens with one attached hydrogen (secondary N) is 1. The van der Waals surface area contributed by atoms with Gasteiger partial charge >= 0.3 is 0 Å². The van der Waals surface area contributed by atoms with Crippen LogP contribution < -0.4 is 10.1 Å². The van der Waals surface area contributed by atoms with E-state index in [1.54, 1.807) is 0 Å². The van der Waals surface area contributed by atoms with Crippen LogP contribution >= 0.6 is 0 Å². The van der Waals surface area contributed by atoms with Crippen LogP contribution in [-0.4, -0.2) is 16.4 Å². The van der Waals surface area contributed by atoms with Crippen molar-refractivity contribution in [2.45, 2.75) is 86.0 Å². The molecule has 3 aromatic rings. The van der Waals surface area contributed by atoms with E-state index in [4.69, 9.17) is 4.74 Å². The number of hydrogen-bond donors (Lipinski definition) is 1. The van der Waals surface area contributed by atoms with Gasteiger partial charge in [0.05, 0.1) is 18.3 Å². The maximum absolute atomic E-state index is 5.95. The Morgan fingerprint density at radius 1 is 0.794 bits per heavy atom. The summed E-state index contributed by atoms with van der Waals surface area (Å²) < 4.78 is 7.84. The summed E-state index contributed by atoms with van der Waals surface area (Å²) in [6.45, 7) is 12.7. The Morgan fingerprint density at radius 2 is 1.41 bits per heavy atom. The molecule has 0 bridgehead atoms. The number of unbranched alkanes of at least 4 members (excludes halogenated alkanes) is 6. The zero-order valence-electron chi connectivity index (χ0n) is 22.3. The lowest BCUT2D eigenvalue weighted by Gasteiger charge is -2.39. The van der Waals surface area contributed by atoms with Gasteiger partial charge in [-0.1, -0.05) is 73.1 Å². The third kappa shape index (κ3) is 7.51. The van der Waals surface area contributed by atoms with Gasteiger partial charge in [0, 0.05) is 23.8 Å². The van der Waals surface area contributed by atoms with Crippen LogP contribution in [0.2, 0.25) is 0 Å². The first-order valence-corrected chi connectivity index (χ1v) is 13.1. The van der Waals surface area contributed by atoms with Crippen molar-refractivity contribution in [1.29, 1.82) is 0 Å². The number of nitrogens with zero attached hydrogens (tertiary/aromatic N) is 2. The molecule has 0 radical (unpaired) electrons. The fourth-order valence-electron chi connectivity index (χ4n) is 4.16. The fraction of sp³-hybridized carbons (Fsp3) is 0.567. The van der Waals surface area contributed by atoms with Crippen molar-refractivity contribution in [2.24, 2.45) is 17.9 Å².